The van der Waals surface area contributed by atoms with Gasteiger partial charge in [-0.25, -0.2) is 4.99 Å². The summed E-state index contributed by atoms with van der Waals surface area (Å²) in [6.07, 6.45) is 2.28. The van der Waals surface area contributed by atoms with Gasteiger partial charge in [0.1, 0.15) is 10.7 Å². The summed E-state index contributed by atoms with van der Waals surface area (Å²) in [7, 11) is 0. The number of nitrogens with one attached hydrogen (secondary N) is 1. The molecule has 1 aliphatic rings. The van der Waals surface area contributed by atoms with E-state index in [9.17, 15) is 0 Å². The van der Waals surface area contributed by atoms with Crippen LogP contribution in [0.15, 0.2) is 40.8 Å². The maximum Gasteiger partial charge on any atom is 0.195 e. The molecule has 1 aliphatic heterocycles. The molecule has 0 spiro atoms. The van der Waals surface area contributed by atoms with Gasteiger partial charge in [0.15, 0.2) is 5.96 Å². The summed E-state index contributed by atoms with van der Waals surface area (Å²) in [5.74, 6) is 0.350. The minimum Gasteiger partial charge on any atom is -0.370 e. The number of aromatic nitrogens is 1. The summed E-state index contributed by atoms with van der Waals surface area (Å²) in [5.41, 5.74) is 13.2. The summed E-state index contributed by atoms with van der Waals surface area (Å²) < 4.78 is 0. The van der Waals surface area contributed by atoms with Crippen molar-refractivity contribution < 1.29 is 0 Å². The van der Waals surface area contributed by atoms with Crippen LogP contribution in [0.2, 0.25) is 0 Å². The van der Waals surface area contributed by atoms with Crippen molar-refractivity contribution in [2.24, 2.45) is 16.5 Å². The maximum absolute atomic E-state index is 6.40. The molecule has 2 aromatic heterocycles. The van der Waals surface area contributed by atoms with Crippen molar-refractivity contribution in [3.8, 4) is 0 Å². The Balaban J connectivity index is 2.01. The SMILES string of the molecule is NC1=NC(N)(Cc2ccccn2)c2ccsc2N1. The molecular formula is C12H13N5S. The Kier molecular flexibility index (Phi) is 2.53. The van der Waals surface area contributed by atoms with Crippen LogP contribution in [0.3, 0.4) is 0 Å². The van der Waals surface area contributed by atoms with Gasteiger partial charge in [0.25, 0.3) is 0 Å². The Bertz CT molecular complexity index is 592. The predicted molar refractivity (Wildman–Crippen MR) is 73.4 cm³/mol. The first-order valence-electron chi connectivity index (χ1n) is 5.56. The van der Waals surface area contributed by atoms with Gasteiger partial charge >= 0.3 is 0 Å². The molecule has 0 bridgehead atoms. The van der Waals surface area contributed by atoms with Crippen molar-refractivity contribution in [3.63, 3.8) is 0 Å². The number of guanidine groups is 1. The fourth-order valence-electron chi connectivity index (χ4n) is 2.08. The normalized spacial score (nSPS) is 21.9. The van der Waals surface area contributed by atoms with Gasteiger partial charge in [0.05, 0.1) is 0 Å². The van der Waals surface area contributed by atoms with Crippen LogP contribution in [0.1, 0.15) is 11.3 Å². The number of hydrogen-bond donors (Lipinski definition) is 3. The topological polar surface area (TPSA) is 89.3 Å². The number of nitrogens with two attached hydrogens (primary N) is 2. The lowest BCUT2D eigenvalue weighted by Gasteiger charge is -2.30. The molecule has 92 valence electrons. The fraction of sp³-hybridized carbons (Fsp3) is 0.167. The van der Waals surface area contributed by atoms with Gasteiger partial charge in [0, 0.05) is 23.9 Å². The number of aliphatic imine (C=N–C) groups is 1. The van der Waals surface area contributed by atoms with Crippen LogP contribution in [-0.2, 0) is 12.1 Å². The second kappa shape index (κ2) is 4.08. The van der Waals surface area contributed by atoms with E-state index in [1.165, 1.54) is 0 Å². The summed E-state index contributed by atoms with van der Waals surface area (Å²) in [4.78, 5) is 8.64. The third-order valence-corrected chi connectivity index (χ3v) is 3.70. The number of rotatable bonds is 2. The average molecular weight is 259 g/mol. The van der Waals surface area contributed by atoms with E-state index in [1.807, 2.05) is 29.6 Å². The molecule has 0 aromatic carbocycles. The highest BCUT2D eigenvalue weighted by atomic mass is 32.1. The predicted octanol–water partition coefficient (Wildman–Crippen LogP) is 1.24. The summed E-state index contributed by atoms with van der Waals surface area (Å²) in [6, 6.07) is 7.73. The number of fused-ring (bicyclic) bond motifs is 1. The Labute approximate surface area is 109 Å². The summed E-state index contributed by atoms with van der Waals surface area (Å²) >= 11 is 1.57. The van der Waals surface area contributed by atoms with E-state index >= 15 is 0 Å². The van der Waals surface area contributed by atoms with Crippen LogP contribution in [0.4, 0.5) is 5.00 Å². The molecule has 5 nitrogen and oxygen atoms in total. The van der Waals surface area contributed by atoms with Crippen molar-refractivity contribution in [1.82, 2.24) is 4.98 Å². The third kappa shape index (κ3) is 1.85. The zero-order valence-corrected chi connectivity index (χ0v) is 10.4. The second-order valence-corrected chi connectivity index (χ2v) is 5.12. The molecule has 2 aromatic rings. The first-order valence-corrected chi connectivity index (χ1v) is 6.44. The molecule has 0 saturated heterocycles. The summed E-state index contributed by atoms with van der Waals surface area (Å²) in [5, 5.41) is 5.96. The number of thiophene rings is 1. The maximum atomic E-state index is 6.40. The van der Waals surface area contributed by atoms with E-state index in [2.05, 4.69) is 15.3 Å². The first kappa shape index (κ1) is 11.2. The van der Waals surface area contributed by atoms with Gasteiger partial charge in [-0.3, -0.25) is 4.98 Å². The van der Waals surface area contributed by atoms with E-state index in [0.29, 0.717) is 12.4 Å². The van der Waals surface area contributed by atoms with Crippen LogP contribution in [-0.4, -0.2) is 10.9 Å². The van der Waals surface area contributed by atoms with Crippen LogP contribution in [0.25, 0.3) is 0 Å². The highest BCUT2D eigenvalue weighted by Gasteiger charge is 2.34. The Morgan fingerprint density at radius 1 is 1.33 bits per heavy atom. The monoisotopic (exact) mass is 259 g/mol. The van der Waals surface area contributed by atoms with Gasteiger partial charge < -0.3 is 16.8 Å². The van der Waals surface area contributed by atoms with Crippen molar-refractivity contribution in [3.05, 3.63) is 47.1 Å². The highest BCUT2D eigenvalue weighted by molar-refractivity contribution is 7.14. The molecule has 3 rings (SSSR count). The number of pyridine rings is 1. The largest absolute Gasteiger partial charge is 0.370 e. The molecule has 1 unspecified atom stereocenters. The highest BCUT2D eigenvalue weighted by Crippen LogP contribution is 2.36. The molecular weight excluding hydrogens is 246 g/mol. The van der Waals surface area contributed by atoms with E-state index < -0.39 is 5.66 Å². The molecule has 18 heavy (non-hydrogen) atoms. The van der Waals surface area contributed by atoms with Crippen LogP contribution in [0, 0.1) is 0 Å². The molecule has 6 heteroatoms. The van der Waals surface area contributed by atoms with Gasteiger partial charge in [0.2, 0.25) is 0 Å². The van der Waals surface area contributed by atoms with Crippen molar-refractivity contribution in [1.29, 1.82) is 0 Å². The Morgan fingerprint density at radius 3 is 3.00 bits per heavy atom. The number of anilines is 1. The molecule has 0 fully saturated rings. The number of hydrogen-bond acceptors (Lipinski definition) is 6. The lowest BCUT2D eigenvalue weighted by Crippen LogP contribution is -2.44. The third-order valence-electron chi connectivity index (χ3n) is 2.87. The molecule has 1 atom stereocenters. The molecule has 0 saturated carbocycles. The van der Waals surface area contributed by atoms with Gasteiger partial charge in [-0.1, -0.05) is 6.07 Å². The molecule has 5 N–H and O–H groups in total. The fourth-order valence-corrected chi connectivity index (χ4v) is 2.96. The van der Waals surface area contributed by atoms with Gasteiger partial charge in [-0.05, 0) is 23.6 Å². The van der Waals surface area contributed by atoms with Crippen molar-refractivity contribution in [2.75, 3.05) is 5.32 Å². The lowest BCUT2D eigenvalue weighted by molar-refractivity contribution is 0.459. The van der Waals surface area contributed by atoms with Crippen LogP contribution < -0.4 is 16.8 Å². The van der Waals surface area contributed by atoms with Crippen molar-refractivity contribution in [2.45, 2.75) is 12.1 Å². The van der Waals surface area contributed by atoms with E-state index in [-0.39, 0.29) is 0 Å². The Hall–Kier alpha value is -1.92. The Morgan fingerprint density at radius 2 is 2.22 bits per heavy atom. The van der Waals surface area contributed by atoms with E-state index in [1.54, 1.807) is 17.5 Å². The second-order valence-electron chi connectivity index (χ2n) is 4.21. The lowest BCUT2D eigenvalue weighted by atomic mass is 9.96. The molecule has 0 aliphatic carbocycles. The standard InChI is InChI=1S/C12H13N5S/c13-11-16-10-9(4-6-18-10)12(14,17-11)7-8-3-1-2-5-15-8/h1-6H,7,14H2,(H3,13,16,17). The minimum absolute atomic E-state index is 0.350. The first-order chi connectivity index (χ1) is 8.67. The van der Waals surface area contributed by atoms with E-state index in [4.69, 9.17) is 11.5 Å². The molecule has 3 heterocycles. The zero-order chi connectivity index (χ0) is 12.6. The molecule has 0 amide bonds. The summed E-state index contributed by atoms with van der Waals surface area (Å²) in [6.45, 7) is 0. The average Bonchev–Trinajstić information content (AvgIpc) is 2.78. The van der Waals surface area contributed by atoms with Crippen LogP contribution in [0.5, 0.6) is 0 Å². The number of nitrogens with zero attached hydrogens (tertiary/aromatic N) is 2. The quantitative estimate of drug-likeness (QED) is 0.757. The molecule has 0 radical (unpaired) electrons. The smallest absolute Gasteiger partial charge is 0.195 e. The van der Waals surface area contributed by atoms with Gasteiger partial charge in [-0.15, -0.1) is 11.3 Å². The van der Waals surface area contributed by atoms with E-state index in [0.717, 1.165) is 16.3 Å². The van der Waals surface area contributed by atoms with Crippen LogP contribution >= 0.6 is 11.3 Å². The zero-order valence-electron chi connectivity index (χ0n) is 9.63. The minimum atomic E-state index is -0.834. The van der Waals surface area contributed by atoms with Gasteiger partial charge in [-0.2, -0.15) is 0 Å². The van der Waals surface area contributed by atoms with Crippen molar-refractivity contribution >= 4 is 22.3 Å².